The lowest BCUT2D eigenvalue weighted by Gasteiger charge is -2.57. The van der Waals surface area contributed by atoms with Crippen molar-refractivity contribution in [3.8, 4) is 0 Å². The predicted octanol–water partition coefficient (Wildman–Crippen LogP) is 6.62. The summed E-state index contributed by atoms with van der Waals surface area (Å²) in [4.78, 5) is 7.02. The van der Waals surface area contributed by atoms with Crippen LogP contribution in [0.3, 0.4) is 0 Å². The minimum absolute atomic E-state index is 0.424. The Morgan fingerprint density at radius 2 is 1.80 bits per heavy atom. The molecule has 1 heterocycles. The number of nitrogens with one attached hydrogen (secondary N) is 1. The van der Waals surface area contributed by atoms with Gasteiger partial charge in [-0.15, -0.1) is 0 Å². The highest BCUT2D eigenvalue weighted by atomic mass is 35.5. The minimum atomic E-state index is 0.424. The Morgan fingerprint density at radius 1 is 1.10 bits per heavy atom. The highest BCUT2D eigenvalue weighted by molar-refractivity contribution is 6.31. The van der Waals surface area contributed by atoms with Crippen LogP contribution in [0.2, 0.25) is 5.02 Å². The highest BCUT2D eigenvalue weighted by Crippen LogP contribution is 2.61. The normalized spacial score (nSPS) is 30.9. The third-order valence-corrected chi connectivity index (χ3v) is 8.47. The number of fused-ring (bicyclic) bond motifs is 1. The fourth-order valence-electron chi connectivity index (χ4n) is 7.13. The van der Waals surface area contributed by atoms with E-state index >= 15 is 0 Å². The Bertz CT molecular complexity index is 860. The molecular formula is C26H36ClN3. The molecule has 0 spiro atoms. The van der Waals surface area contributed by atoms with Crippen molar-refractivity contribution in [1.29, 1.82) is 0 Å². The van der Waals surface area contributed by atoms with Gasteiger partial charge >= 0.3 is 0 Å². The minimum Gasteiger partial charge on any atom is -0.382 e. The van der Waals surface area contributed by atoms with Crippen LogP contribution < -0.4 is 5.32 Å². The monoisotopic (exact) mass is 425 g/mol. The first-order chi connectivity index (χ1) is 14.5. The number of benzene rings is 1. The van der Waals surface area contributed by atoms with E-state index in [-0.39, 0.29) is 0 Å². The van der Waals surface area contributed by atoms with Gasteiger partial charge in [0.2, 0.25) is 0 Å². The van der Waals surface area contributed by atoms with Gasteiger partial charge in [-0.2, -0.15) is 0 Å². The molecule has 0 saturated heterocycles. The number of halogens is 1. The van der Waals surface area contributed by atoms with Gasteiger partial charge in [-0.3, -0.25) is 4.98 Å². The number of aromatic nitrogens is 1. The van der Waals surface area contributed by atoms with E-state index in [0.29, 0.717) is 11.5 Å². The van der Waals surface area contributed by atoms with Crippen LogP contribution in [0.4, 0.5) is 5.69 Å². The van der Waals surface area contributed by atoms with E-state index in [4.69, 9.17) is 11.6 Å². The number of anilines is 1. The van der Waals surface area contributed by atoms with Gasteiger partial charge in [0.1, 0.15) is 0 Å². The lowest BCUT2D eigenvalue weighted by Crippen LogP contribution is -2.47. The molecule has 4 aliphatic rings. The lowest BCUT2D eigenvalue weighted by molar-refractivity contribution is -0.0602. The van der Waals surface area contributed by atoms with Crippen LogP contribution in [-0.2, 0) is 0 Å². The Hall–Kier alpha value is -1.32. The topological polar surface area (TPSA) is 28.2 Å². The van der Waals surface area contributed by atoms with Gasteiger partial charge in [0.25, 0.3) is 0 Å². The van der Waals surface area contributed by atoms with E-state index in [1.165, 1.54) is 32.2 Å². The average molecular weight is 426 g/mol. The summed E-state index contributed by atoms with van der Waals surface area (Å²) in [6.07, 6.45) is 13.7. The first-order valence-corrected chi connectivity index (χ1v) is 12.4. The summed E-state index contributed by atoms with van der Waals surface area (Å²) in [5.41, 5.74) is 2.80. The quantitative estimate of drug-likeness (QED) is 0.515. The van der Waals surface area contributed by atoms with Crippen molar-refractivity contribution in [1.82, 2.24) is 9.88 Å². The lowest BCUT2D eigenvalue weighted by atomic mass is 9.49. The highest BCUT2D eigenvalue weighted by Gasteiger charge is 2.50. The number of nitrogens with zero attached hydrogens (tertiary/aromatic N) is 2. The molecule has 2 aromatic rings. The van der Waals surface area contributed by atoms with Crippen molar-refractivity contribution in [3.63, 3.8) is 0 Å². The zero-order valence-electron chi connectivity index (χ0n) is 18.5. The Kier molecular flexibility index (Phi) is 5.70. The molecule has 1 aromatic carbocycles. The number of rotatable bonds is 8. The second-order valence-corrected chi connectivity index (χ2v) is 11.3. The van der Waals surface area contributed by atoms with Crippen molar-refractivity contribution in [2.24, 2.45) is 23.2 Å². The predicted molar refractivity (Wildman–Crippen MR) is 127 cm³/mol. The summed E-state index contributed by atoms with van der Waals surface area (Å²) >= 11 is 6.12. The van der Waals surface area contributed by atoms with E-state index < -0.39 is 0 Å². The molecule has 30 heavy (non-hydrogen) atoms. The molecule has 0 amide bonds. The van der Waals surface area contributed by atoms with Crippen LogP contribution in [0.15, 0.2) is 30.5 Å². The molecule has 162 valence electrons. The summed E-state index contributed by atoms with van der Waals surface area (Å²) in [6, 6.07) is 8.44. The van der Waals surface area contributed by atoms with E-state index in [9.17, 15) is 0 Å². The fraction of sp³-hybridized carbons (Fsp3) is 0.654. The van der Waals surface area contributed by atoms with Crippen molar-refractivity contribution in [2.45, 2.75) is 64.3 Å². The van der Waals surface area contributed by atoms with Gasteiger partial charge < -0.3 is 10.2 Å². The molecule has 1 unspecified atom stereocenters. The van der Waals surface area contributed by atoms with Gasteiger partial charge in [0, 0.05) is 28.3 Å². The SMILES string of the molecule is CC(CCN(C)CCC12CC3CC(CC(C3)C1)C2)Nc1ccnc2cc(Cl)ccc12. The number of hydrogen-bond acceptors (Lipinski definition) is 3. The van der Waals surface area contributed by atoms with Crippen molar-refractivity contribution in [3.05, 3.63) is 35.5 Å². The van der Waals surface area contributed by atoms with Crippen molar-refractivity contribution in [2.75, 3.05) is 25.5 Å². The molecule has 0 aliphatic heterocycles. The smallest absolute Gasteiger partial charge is 0.0737 e. The van der Waals surface area contributed by atoms with Crippen molar-refractivity contribution < 1.29 is 0 Å². The van der Waals surface area contributed by atoms with Crippen LogP contribution in [0.25, 0.3) is 10.9 Å². The van der Waals surface area contributed by atoms with E-state index in [0.717, 1.165) is 52.3 Å². The first-order valence-electron chi connectivity index (χ1n) is 12.0. The van der Waals surface area contributed by atoms with Gasteiger partial charge in [0.05, 0.1) is 5.52 Å². The van der Waals surface area contributed by atoms with Crippen LogP contribution in [0.1, 0.15) is 58.3 Å². The molecule has 4 fully saturated rings. The maximum Gasteiger partial charge on any atom is 0.0737 e. The van der Waals surface area contributed by atoms with E-state index in [1.807, 2.05) is 18.3 Å². The number of hydrogen-bond donors (Lipinski definition) is 1. The van der Waals surface area contributed by atoms with E-state index in [2.05, 4.69) is 41.3 Å². The molecule has 4 bridgehead atoms. The average Bonchev–Trinajstić information content (AvgIpc) is 2.70. The summed E-state index contributed by atoms with van der Waals surface area (Å²) in [5.74, 6) is 3.20. The molecule has 4 aliphatic carbocycles. The van der Waals surface area contributed by atoms with Gasteiger partial charge in [-0.05, 0) is 126 Å². The third-order valence-electron chi connectivity index (χ3n) is 8.24. The second kappa shape index (κ2) is 8.31. The van der Waals surface area contributed by atoms with Crippen LogP contribution in [0, 0.1) is 23.2 Å². The Labute approximate surface area is 186 Å². The third kappa shape index (κ3) is 4.34. The first kappa shape index (κ1) is 20.6. The number of pyridine rings is 1. The molecular weight excluding hydrogens is 390 g/mol. The van der Waals surface area contributed by atoms with Gasteiger partial charge in [-0.25, -0.2) is 0 Å². The van der Waals surface area contributed by atoms with Gasteiger partial charge in [0.15, 0.2) is 0 Å². The van der Waals surface area contributed by atoms with Crippen LogP contribution in [-0.4, -0.2) is 36.1 Å². The van der Waals surface area contributed by atoms with E-state index in [1.54, 1.807) is 19.3 Å². The second-order valence-electron chi connectivity index (χ2n) is 10.8. The zero-order valence-corrected chi connectivity index (χ0v) is 19.3. The van der Waals surface area contributed by atoms with Crippen molar-refractivity contribution >= 4 is 28.2 Å². The summed E-state index contributed by atoms with van der Waals surface area (Å²) in [5, 5.41) is 5.58. The molecule has 0 radical (unpaired) electrons. The Morgan fingerprint density at radius 3 is 2.50 bits per heavy atom. The fourth-order valence-corrected chi connectivity index (χ4v) is 7.30. The van der Waals surface area contributed by atoms with Crippen LogP contribution in [0.5, 0.6) is 0 Å². The molecule has 1 aromatic heterocycles. The summed E-state index contributed by atoms with van der Waals surface area (Å²) in [6.45, 7) is 4.69. The van der Waals surface area contributed by atoms with Crippen LogP contribution >= 0.6 is 11.6 Å². The summed E-state index contributed by atoms with van der Waals surface area (Å²) < 4.78 is 0. The maximum absolute atomic E-state index is 6.12. The van der Waals surface area contributed by atoms with Gasteiger partial charge in [-0.1, -0.05) is 11.6 Å². The molecule has 1 N–H and O–H groups in total. The maximum atomic E-state index is 6.12. The Balaban J connectivity index is 1.11. The molecule has 1 atom stereocenters. The largest absolute Gasteiger partial charge is 0.382 e. The molecule has 4 saturated carbocycles. The molecule has 3 nitrogen and oxygen atoms in total. The zero-order chi connectivity index (χ0) is 20.7. The summed E-state index contributed by atoms with van der Waals surface area (Å²) in [7, 11) is 2.32. The standard InChI is InChI=1S/C26H36ClN3/c1-18(29-24-5-8-28-25-14-22(27)3-4-23(24)25)6-9-30(2)10-7-26-15-19-11-20(16-26)13-21(12-19)17-26/h3-5,8,14,18-21H,6-7,9-13,15-17H2,1-2H3,(H,28,29). The molecule has 6 rings (SSSR count). The molecule has 4 heteroatoms.